The van der Waals surface area contributed by atoms with E-state index < -0.39 is 11.7 Å². The molecule has 7 heteroatoms. The first-order valence-electron chi connectivity index (χ1n) is 9.60. The van der Waals surface area contributed by atoms with Crippen LogP contribution < -0.4 is 5.73 Å². The zero-order valence-corrected chi connectivity index (χ0v) is 17.2. The van der Waals surface area contributed by atoms with Gasteiger partial charge in [0.05, 0.1) is 21.7 Å². The van der Waals surface area contributed by atoms with Crippen molar-refractivity contribution >= 4 is 34.1 Å². The normalized spacial score (nSPS) is 16.9. The number of benzene rings is 1. The second kappa shape index (κ2) is 7.55. The van der Waals surface area contributed by atoms with Gasteiger partial charge in [-0.3, -0.25) is 14.6 Å². The van der Waals surface area contributed by atoms with Gasteiger partial charge in [-0.15, -0.1) is 11.3 Å². The Morgan fingerprint density at radius 3 is 2.72 bits per heavy atom. The second-order valence-electron chi connectivity index (χ2n) is 7.56. The number of halogens is 1. The highest BCUT2D eigenvalue weighted by molar-refractivity contribution is 7.14. The van der Waals surface area contributed by atoms with Crippen LogP contribution in [-0.2, 0) is 0 Å². The number of rotatable bonds is 3. The molecule has 1 aromatic carbocycles. The van der Waals surface area contributed by atoms with Crippen LogP contribution in [0.2, 0.25) is 0 Å². The van der Waals surface area contributed by atoms with Crippen molar-refractivity contribution in [2.75, 3.05) is 13.1 Å². The van der Waals surface area contributed by atoms with Crippen molar-refractivity contribution in [3.63, 3.8) is 0 Å². The quantitative estimate of drug-likeness (QED) is 0.703. The lowest BCUT2D eigenvalue weighted by Gasteiger charge is -2.33. The van der Waals surface area contributed by atoms with Crippen LogP contribution in [-0.4, -0.2) is 34.8 Å². The van der Waals surface area contributed by atoms with Gasteiger partial charge >= 0.3 is 0 Å². The molecule has 1 aliphatic rings. The molecule has 150 valence electrons. The Morgan fingerprint density at radius 1 is 1.24 bits per heavy atom. The third-order valence-corrected chi connectivity index (χ3v) is 6.68. The molecule has 2 aromatic heterocycles. The molecule has 5 nitrogen and oxygen atoms in total. The lowest BCUT2D eigenvalue weighted by molar-refractivity contribution is 0.0710. The summed E-state index contributed by atoms with van der Waals surface area (Å²) in [6, 6.07) is 7.83. The van der Waals surface area contributed by atoms with Crippen LogP contribution in [0.25, 0.3) is 10.9 Å². The van der Waals surface area contributed by atoms with E-state index in [0.29, 0.717) is 35.2 Å². The van der Waals surface area contributed by atoms with Gasteiger partial charge in [-0.05, 0) is 62.6 Å². The predicted molar refractivity (Wildman–Crippen MR) is 112 cm³/mol. The van der Waals surface area contributed by atoms with E-state index in [1.807, 2.05) is 24.8 Å². The van der Waals surface area contributed by atoms with E-state index in [2.05, 4.69) is 4.98 Å². The van der Waals surface area contributed by atoms with Gasteiger partial charge in [-0.2, -0.15) is 0 Å². The summed E-state index contributed by atoms with van der Waals surface area (Å²) >= 11 is 1.51. The van der Waals surface area contributed by atoms with Crippen LogP contribution >= 0.6 is 11.3 Å². The Morgan fingerprint density at radius 2 is 2.03 bits per heavy atom. The van der Waals surface area contributed by atoms with Crippen LogP contribution in [0.15, 0.2) is 30.3 Å². The Balaban J connectivity index is 1.67. The van der Waals surface area contributed by atoms with Crippen molar-refractivity contribution in [2.24, 2.45) is 5.73 Å². The van der Waals surface area contributed by atoms with Gasteiger partial charge < -0.3 is 10.6 Å². The van der Waals surface area contributed by atoms with E-state index in [4.69, 9.17) is 5.73 Å². The third-order valence-electron chi connectivity index (χ3n) is 5.54. The lowest BCUT2D eigenvalue weighted by Crippen LogP contribution is -2.39. The van der Waals surface area contributed by atoms with Crippen molar-refractivity contribution < 1.29 is 14.0 Å². The molecule has 1 unspecified atom stereocenters. The largest absolute Gasteiger partial charge is 0.366 e. The topological polar surface area (TPSA) is 76.3 Å². The molecule has 0 radical (unpaired) electrons. The summed E-state index contributed by atoms with van der Waals surface area (Å²) in [5.74, 6) is -1.06. The number of fused-ring (bicyclic) bond motifs is 1. The van der Waals surface area contributed by atoms with E-state index in [-0.39, 0.29) is 11.8 Å². The number of nitrogens with zero attached hydrogens (tertiary/aromatic N) is 2. The van der Waals surface area contributed by atoms with Gasteiger partial charge in [0.2, 0.25) is 0 Å². The monoisotopic (exact) mass is 411 g/mol. The van der Waals surface area contributed by atoms with Crippen LogP contribution in [0.5, 0.6) is 0 Å². The molecular formula is C22H22FN3O2S. The number of aryl methyl sites for hydroxylation is 2. The summed E-state index contributed by atoms with van der Waals surface area (Å²) in [6.45, 7) is 5.17. The molecule has 1 aliphatic heterocycles. The minimum absolute atomic E-state index is 0.0133. The van der Waals surface area contributed by atoms with Gasteiger partial charge in [0.15, 0.2) is 0 Å². The average molecular weight is 412 g/mol. The molecule has 3 aromatic rings. The minimum Gasteiger partial charge on any atom is -0.366 e. The number of nitrogens with two attached hydrogens (primary N) is 1. The average Bonchev–Trinajstić information content (AvgIpc) is 3.04. The fourth-order valence-corrected chi connectivity index (χ4v) is 4.89. The van der Waals surface area contributed by atoms with Crippen LogP contribution in [0.4, 0.5) is 4.39 Å². The summed E-state index contributed by atoms with van der Waals surface area (Å²) in [7, 11) is 0. The van der Waals surface area contributed by atoms with E-state index >= 15 is 0 Å². The van der Waals surface area contributed by atoms with E-state index in [0.717, 1.165) is 28.2 Å². The Labute approximate surface area is 172 Å². The highest BCUT2D eigenvalue weighted by Crippen LogP contribution is 2.32. The lowest BCUT2D eigenvalue weighted by atomic mass is 9.90. The Kier molecular flexibility index (Phi) is 5.08. The van der Waals surface area contributed by atoms with Gasteiger partial charge in [0, 0.05) is 29.3 Å². The number of likely N-dealkylation sites (tertiary alicyclic amines) is 1. The Bertz CT molecular complexity index is 1110. The van der Waals surface area contributed by atoms with E-state index in [9.17, 15) is 14.0 Å². The maximum Gasteiger partial charge on any atom is 0.263 e. The van der Waals surface area contributed by atoms with Crippen LogP contribution in [0.1, 0.15) is 54.9 Å². The van der Waals surface area contributed by atoms with Crippen molar-refractivity contribution in [2.45, 2.75) is 32.6 Å². The summed E-state index contributed by atoms with van der Waals surface area (Å²) < 4.78 is 13.6. The number of carbonyl (C=O) groups excluding carboxylic acids is 2. The summed E-state index contributed by atoms with van der Waals surface area (Å²) in [4.78, 5) is 33.4. The van der Waals surface area contributed by atoms with Gasteiger partial charge in [0.25, 0.3) is 11.8 Å². The number of piperidine rings is 1. The number of amides is 2. The van der Waals surface area contributed by atoms with Crippen molar-refractivity contribution in [1.29, 1.82) is 0 Å². The van der Waals surface area contributed by atoms with E-state index in [1.54, 1.807) is 12.1 Å². The molecule has 0 bridgehead atoms. The number of pyridine rings is 1. The van der Waals surface area contributed by atoms with Gasteiger partial charge in [-0.25, -0.2) is 4.39 Å². The zero-order chi connectivity index (χ0) is 20.7. The molecule has 29 heavy (non-hydrogen) atoms. The third kappa shape index (κ3) is 3.74. The van der Waals surface area contributed by atoms with Crippen molar-refractivity contribution in [3.05, 3.63) is 62.7 Å². The van der Waals surface area contributed by atoms with Gasteiger partial charge in [-0.1, -0.05) is 0 Å². The fraction of sp³-hybridized carbons (Fsp3) is 0.318. The first-order chi connectivity index (χ1) is 13.8. The van der Waals surface area contributed by atoms with Crippen molar-refractivity contribution in [3.8, 4) is 0 Å². The molecular weight excluding hydrogens is 389 g/mol. The number of thiophene rings is 1. The molecule has 1 atom stereocenters. The molecule has 0 spiro atoms. The SMILES string of the molecule is Cc1cc(C(=O)N2CCCC(c3nc4ccc(F)cc4cc3C(N)=O)C2)sc1C. The molecule has 1 saturated heterocycles. The second-order valence-corrected chi connectivity index (χ2v) is 8.82. The molecule has 2 amide bonds. The standard InChI is InChI=1S/C22H22FN3O2S/c1-12-8-19(29-13(12)2)22(28)26-7-3-4-14(11-26)20-17(21(24)27)10-15-9-16(23)5-6-18(15)25-20/h5-6,8-10,14H,3-4,7,11H2,1-2H3,(H2,24,27). The molecule has 0 saturated carbocycles. The first-order valence-corrected chi connectivity index (χ1v) is 10.4. The van der Waals surface area contributed by atoms with Crippen LogP contribution in [0.3, 0.4) is 0 Å². The number of aromatic nitrogens is 1. The number of primary amides is 1. The van der Waals surface area contributed by atoms with Crippen molar-refractivity contribution in [1.82, 2.24) is 9.88 Å². The number of hydrogen-bond donors (Lipinski definition) is 1. The first kappa shape index (κ1) is 19.5. The highest BCUT2D eigenvalue weighted by atomic mass is 32.1. The molecule has 3 heterocycles. The maximum atomic E-state index is 13.6. The number of hydrogen-bond acceptors (Lipinski definition) is 4. The molecule has 1 fully saturated rings. The smallest absolute Gasteiger partial charge is 0.263 e. The summed E-state index contributed by atoms with van der Waals surface area (Å²) in [5, 5.41) is 0.538. The zero-order valence-electron chi connectivity index (χ0n) is 16.4. The summed E-state index contributed by atoms with van der Waals surface area (Å²) in [5.41, 5.74) is 8.22. The predicted octanol–water partition coefficient (Wildman–Crippen LogP) is 4.17. The summed E-state index contributed by atoms with van der Waals surface area (Å²) in [6.07, 6.45) is 1.63. The fourth-order valence-electron chi connectivity index (χ4n) is 3.89. The molecule has 0 aliphatic carbocycles. The molecule has 4 rings (SSSR count). The maximum absolute atomic E-state index is 13.6. The van der Waals surface area contributed by atoms with Gasteiger partial charge in [0.1, 0.15) is 5.82 Å². The van der Waals surface area contributed by atoms with Crippen LogP contribution in [0, 0.1) is 19.7 Å². The number of carbonyl (C=O) groups is 2. The Hall–Kier alpha value is -2.80. The highest BCUT2D eigenvalue weighted by Gasteiger charge is 2.30. The molecule has 2 N–H and O–H groups in total. The minimum atomic E-state index is -0.591. The van der Waals surface area contributed by atoms with E-state index in [1.165, 1.54) is 23.5 Å².